The molecule has 1 N–H and O–H groups in total. The van der Waals surface area contributed by atoms with Gasteiger partial charge >= 0.3 is 0 Å². The molecule has 0 fully saturated rings. The molecule has 1 rings (SSSR count). The summed E-state index contributed by atoms with van der Waals surface area (Å²) in [6.45, 7) is 8.11. The minimum atomic E-state index is -0.140. The van der Waals surface area contributed by atoms with E-state index in [-0.39, 0.29) is 5.56 Å². The molecule has 4 nitrogen and oxygen atoms in total. The van der Waals surface area contributed by atoms with Crippen molar-refractivity contribution in [3.05, 3.63) is 27.4 Å². The lowest BCUT2D eigenvalue weighted by atomic mass is 10.4. The number of likely N-dealkylation sites (N-methyl/N-ethyl adjacent to an activating group) is 1. The van der Waals surface area contributed by atoms with Crippen LogP contribution in [-0.2, 0) is 6.54 Å². The Balaban J connectivity index is 2.65. The number of nitrogens with zero attached hydrogens (tertiary/aromatic N) is 2. The lowest BCUT2D eigenvalue weighted by Crippen LogP contribution is -2.27. The Morgan fingerprint density at radius 2 is 2.13 bits per heavy atom. The Kier molecular flexibility index (Phi) is 4.71. The van der Waals surface area contributed by atoms with Crippen molar-refractivity contribution in [3.8, 4) is 0 Å². The third-order valence-electron chi connectivity index (χ3n) is 2.45. The first-order valence-corrected chi connectivity index (χ1v) is 5.60. The Hall–Kier alpha value is -0.940. The molecule has 0 amide bonds. The zero-order valence-electron chi connectivity index (χ0n) is 9.19. The molecular weight excluding hydrogens is 210 g/mol. The topological polar surface area (TPSA) is 41.0 Å². The molecule has 1 aromatic heterocycles. The van der Waals surface area contributed by atoms with E-state index >= 15 is 0 Å². The van der Waals surface area contributed by atoms with Crippen molar-refractivity contribution in [3.63, 3.8) is 0 Å². The van der Waals surface area contributed by atoms with Crippen LogP contribution < -0.4 is 5.56 Å². The molecule has 0 atom stereocenters. The van der Waals surface area contributed by atoms with Crippen LogP contribution in [0.25, 0.3) is 0 Å². The average Bonchev–Trinajstić information content (AvgIpc) is 2.22. The number of nitrogens with one attached hydrogen (secondary N) is 1. The van der Waals surface area contributed by atoms with Gasteiger partial charge in [0, 0.05) is 25.4 Å². The highest BCUT2D eigenvalue weighted by Gasteiger charge is 1.99. The summed E-state index contributed by atoms with van der Waals surface area (Å²) in [6.07, 6.45) is 1.74. The third-order valence-corrected chi connectivity index (χ3v) is 2.78. The molecule has 0 radical (unpaired) electrons. The molecular formula is C10H17N3OS. The molecule has 1 heterocycles. The molecule has 15 heavy (non-hydrogen) atoms. The van der Waals surface area contributed by atoms with Crippen LogP contribution in [0.2, 0.25) is 0 Å². The van der Waals surface area contributed by atoms with Crippen LogP contribution in [0.15, 0.2) is 17.1 Å². The Morgan fingerprint density at radius 1 is 1.47 bits per heavy atom. The van der Waals surface area contributed by atoms with Gasteiger partial charge in [0.05, 0.1) is 0 Å². The van der Waals surface area contributed by atoms with E-state index in [0.717, 1.165) is 26.2 Å². The van der Waals surface area contributed by atoms with Crippen molar-refractivity contribution in [2.45, 2.75) is 20.4 Å². The number of hydrogen-bond acceptors (Lipinski definition) is 3. The first-order valence-electron chi connectivity index (χ1n) is 5.19. The Bertz CT molecular complexity index is 406. The summed E-state index contributed by atoms with van der Waals surface area (Å²) in [5.74, 6) is 0. The molecule has 0 aromatic carbocycles. The highest BCUT2D eigenvalue weighted by Crippen LogP contribution is 1.91. The zero-order valence-corrected chi connectivity index (χ0v) is 10.0. The normalized spacial score (nSPS) is 10.9. The lowest BCUT2D eigenvalue weighted by molar-refractivity contribution is 0.289. The van der Waals surface area contributed by atoms with Crippen molar-refractivity contribution in [1.82, 2.24) is 14.5 Å². The van der Waals surface area contributed by atoms with Gasteiger partial charge in [0.2, 0.25) is 0 Å². The molecule has 0 saturated heterocycles. The second kappa shape index (κ2) is 5.82. The smallest absolute Gasteiger partial charge is 0.251 e. The maximum absolute atomic E-state index is 10.9. The van der Waals surface area contributed by atoms with Crippen molar-refractivity contribution < 1.29 is 0 Å². The molecule has 0 unspecified atom stereocenters. The van der Waals surface area contributed by atoms with Gasteiger partial charge in [-0.15, -0.1) is 0 Å². The minimum absolute atomic E-state index is 0.140. The van der Waals surface area contributed by atoms with Gasteiger partial charge < -0.3 is 9.47 Å². The molecule has 5 heteroatoms. The van der Waals surface area contributed by atoms with Gasteiger partial charge in [-0.3, -0.25) is 9.78 Å². The minimum Gasteiger partial charge on any atom is -0.324 e. The Labute approximate surface area is 94.6 Å². The van der Waals surface area contributed by atoms with E-state index in [9.17, 15) is 4.79 Å². The Morgan fingerprint density at radius 3 is 2.67 bits per heavy atom. The number of rotatable bonds is 5. The summed E-state index contributed by atoms with van der Waals surface area (Å²) < 4.78 is 2.38. The van der Waals surface area contributed by atoms with E-state index in [4.69, 9.17) is 12.2 Å². The van der Waals surface area contributed by atoms with Crippen molar-refractivity contribution in [1.29, 1.82) is 0 Å². The largest absolute Gasteiger partial charge is 0.324 e. The number of aromatic nitrogens is 2. The summed E-state index contributed by atoms with van der Waals surface area (Å²) in [5.41, 5.74) is -0.140. The molecule has 0 bridgehead atoms. The van der Waals surface area contributed by atoms with E-state index in [2.05, 4.69) is 23.7 Å². The summed E-state index contributed by atoms with van der Waals surface area (Å²) in [6, 6.07) is 1.50. The van der Waals surface area contributed by atoms with E-state index in [1.807, 2.05) is 4.57 Å². The maximum atomic E-state index is 10.9. The van der Waals surface area contributed by atoms with Crippen LogP contribution in [0, 0.1) is 4.77 Å². The van der Waals surface area contributed by atoms with Gasteiger partial charge in [0.25, 0.3) is 5.56 Å². The molecule has 84 valence electrons. The van der Waals surface area contributed by atoms with Gasteiger partial charge in [-0.05, 0) is 25.3 Å². The highest BCUT2D eigenvalue weighted by molar-refractivity contribution is 7.71. The van der Waals surface area contributed by atoms with E-state index in [1.165, 1.54) is 6.07 Å². The standard InChI is InChI=1S/C10H17N3OS/c1-3-12(4-2)7-8-13-6-5-9(14)11-10(13)15/h5-6H,3-4,7-8H2,1-2H3,(H,11,14,15). The number of H-pyrrole nitrogens is 1. The fraction of sp³-hybridized carbons (Fsp3) is 0.600. The zero-order chi connectivity index (χ0) is 11.3. The first-order chi connectivity index (χ1) is 7.17. The van der Waals surface area contributed by atoms with Crippen LogP contribution >= 0.6 is 12.2 Å². The van der Waals surface area contributed by atoms with Gasteiger partial charge in [0.1, 0.15) is 0 Å². The predicted octanol–water partition coefficient (Wildman–Crippen LogP) is 1.25. The van der Waals surface area contributed by atoms with E-state index in [1.54, 1.807) is 6.20 Å². The molecule has 0 aliphatic heterocycles. The van der Waals surface area contributed by atoms with Gasteiger partial charge in [-0.25, -0.2) is 0 Å². The van der Waals surface area contributed by atoms with Crippen molar-refractivity contribution in [2.24, 2.45) is 0 Å². The average molecular weight is 227 g/mol. The van der Waals surface area contributed by atoms with E-state index < -0.39 is 0 Å². The molecule has 0 spiro atoms. The summed E-state index contributed by atoms with van der Waals surface area (Å²) in [4.78, 5) is 15.9. The SMILES string of the molecule is CCN(CC)CCn1ccc(=O)[nH]c1=S. The quantitative estimate of drug-likeness (QED) is 0.770. The maximum Gasteiger partial charge on any atom is 0.251 e. The second-order valence-corrected chi connectivity index (χ2v) is 3.72. The molecule has 0 aliphatic carbocycles. The first kappa shape index (κ1) is 12.1. The molecule has 0 saturated carbocycles. The van der Waals surface area contributed by atoms with Gasteiger partial charge in [-0.2, -0.15) is 0 Å². The van der Waals surface area contributed by atoms with Crippen molar-refractivity contribution >= 4 is 12.2 Å². The van der Waals surface area contributed by atoms with Crippen LogP contribution in [0.1, 0.15) is 13.8 Å². The monoisotopic (exact) mass is 227 g/mol. The van der Waals surface area contributed by atoms with Crippen molar-refractivity contribution in [2.75, 3.05) is 19.6 Å². The lowest BCUT2D eigenvalue weighted by Gasteiger charge is -2.18. The van der Waals surface area contributed by atoms with Crippen LogP contribution in [0.4, 0.5) is 0 Å². The van der Waals surface area contributed by atoms with Crippen LogP contribution in [-0.4, -0.2) is 34.1 Å². The van der Waals surface area contributed by atoms with Crippen LogP contribution in [0.3, 0.4) is 0 Å². The highest BCUT2D eigenvalue weighted by atomic mass is 32.1. The number of hydrogen-bond donors (Lipinski definition) is 1. The fourth-order valence-corrected chi connectivity index (χ4v) is 1.66. The van der Waals surface area contributed by atoms with E-state index in [0.29, 0.717) is 4.77 Å². The van der Waals surface area contributed by atoms with Crippen LogP contribution in [0.5, 0.6) is 0 Å². The predicted molar refractivity (Wildman–Crippen MR) is 63.7 cm³/mol. The fourth-order valence-electron chi connectivity index (χ4n) is 1.41. The van der Waals surface area contributed by atoms with Gasteiger partial charge in [0.15, 0.2) is 4.77 Å². The summed E-state index contributed by atoms with van der Waals surface area (Å²) in [5, 5.41) is 0. The number of aromatic amines is 1. The van der Waals surface area contributed by atoms with Gasteiger partial charge in [-0.1, -0.05) is 13.8 Å². The molecule has 1 aromatic rings. The summed E-state index contributed by atoms with van der Waals surface area (Å²) >= 11 is 5.05. The third kappa shape index (κ3) is 3.60. The summed E-state index contributed by atoms with van der Waals surface area (Å²) in [7, 11) is 0. The molecule has 0 aliphatic rings. The second-order valence-electron chi connectivity index (χ2n) is 3.33.